The molecule has 144 valence electrons. The van der Waals surface area contributed by atoms with Crippen molar-refractivity contribution in [3.05, 3.63) is 45.7 Å². The Kier molecular flexibility index (Phi) is 9.27. The zero-order valence-corrected chi connectivity index (χ0v) is 17.6. The van der Waals surface area contributed by atoms with E-state index in [1.54, 1.807) is 6.20 Å². The van der Waals surface area contributed by atoms with Gasteiger partial charge in [-0.3, -0.25) is 4.98 Å². The third-order valence-corrected chi connectivity index (χ3v) is 4.23. The molecule has 0 radical (unpaired) electrons. The van der Waals surface area contributed by atoms with Crippen LogP contribution < -0.4 is 10.6 Å². The SMILES string of the molecule is CCNC(=NCc1ncccc1C)NCCc1nc(C(F)(F)F)cs1.I. The molecule has 0 aliphatic heterocycles. The van der Waals surface area contributed by atoms with Crippen LogP contribution in [-0.4, -0.2) is 29.0 Å². The molecule has 0 aliphatic carbocycles. The van der Waals surface area contributed by atoms with Crippen molar-refractivity contribution in [2.24, 2.45) is 4.99 Å². The Morgan fingerprint density at radius 2 is 2.08 bits per heavy atom. The zero-order valence-electron chi connectivity index (χ0n) is 14.4. The normalized spacial score (nSPS) is 11.8. The van der Waals surface area contributed by atoms with Crippen molar-refractivity contribution >= 4 is 41.3 Å². The molecule has 0 aromatic carbocycles. The smallest absolute Gasteiger partial charge is 0.357 e. The van der Waals surface area contributed by atoms with Crippen LogP contribution in [0.25, 0.3) is 0 Å². The first-order valence-corrected chi connectivity index (χ1v) is 8.72. The van der Waals surface area contributed by atoms with Gasteiger partial charge in [-0.1, -0.05) is 6.07 Å². The number of aryl methyl sites for hydroxylation is 1. The lowest BCUT2D eigenvalue weighted by molar-refractivity contribution is -0.140. The van der Waals surface area contributed by atoms with Crippen molar-refractivity contribution in [3.8, 4) is 0 Å². The van der Waals surface area contributed by atoms with Gasteiger partial charge in [0.05, 0.1) is 17.2 Å². The number of hydrogen-bond acceptors (Lipinski definition) is 4. The minimum atomic E-state index is -4.39. The van der Waals surface area contributed by atoms with E-state index in [0.717, 1.165) is 28.0 Å². The summed E-state index contributed by atoms with van der Waals surface area (Å²) in [6, 6.07) is 3.84. The average Bonchev–Trinajstić information content (AvgIpc) is 3.03. The Bertz CT molecular complexity index is 718. The maximum Gasteiger partial charge on any atom is 0.434 e. The quantitative estimate of drug-likeness (QED) is 0.361. The summed E-state index contributed by atoms with van der Waals surface area (Å²) in [5, 5.41) is 7.69. The highest BCUT2D eigenvalue weighted by Gasteiger charge is 2.33. The summed E-state index contributed by atoms with van der Waals surface area (Å²) in [6.45, 7) is 5.47. The average molecular weight is 499 g/mol. The highest BCUT2D eigenvalue weighted by molar-refractivity contribution is 14.0. The van der Waals surface area contributed by atoms with Crippen molar-refractivity contribution in [1.82, 2.24) is 20.6 Å². The van der Waals surface area contributed by atoms with Crippen LogP contribution in [-0.2, 0) is 19.1 Å². The molecule has 26 heavy (non-hydrogen) atoms. The summed E-state index contributed by atoms with van der Waals surface area (Å²) in [4.78, 5) is 12.4. The van der Waals surface area contributed by atoms with Crippen LogP contribution in [0.2, 0.25) is 0 Å². The Morgan fingerprint density at radius 1 is 1.31 bits per heavy atom. The van der Waals surface area contributed by atoms with Crippen LogP contribution >= 0.6 is 35.3 Å². The molecule has 0 amide bonds. The third kappa shape index (κ3) is 7.06. The molecule has 0 atom stereocenters. The topological polar surface area (TPSA) is 62.2 Å². The minimum absolute atomic E-state index is 0. The maximum atomic E-state index is 12.5. The number of halogens is 4. The number of nitrogens with zero attached hydrogens (tertiary/aromatic N) is 3. The Labute approximate surface area is 171 Å². The molecular formula is C16H21F3IN5S. The number of nitrogens with one attached hydrogen (secondary N) is 2. The van der Waals surface area contributed by atoms with E-state index in [0.29, 0.717) is 37.0 Å². The van der Waals surface area contributed by atoms with E-state index < -0.39 is 11.9 Å². The number of guanidine groups is 1. The van der Waals surface area contributed by atoms with Crippen molar-refractivity contribution in [2.75, 3.05) is 13.1 Å². The molecule has 5 nitrogen and oxygen atoms in total. The summed E-state index contributed by atoms with van der Waals surface area (Å²) in [7, 11) is 0. The molecule has 0 bridgehead atoms. The van der Waals surface area contributed by atoms with Crippen LogP contribution in [0.3, 0.4) is 0 Å². The summed E-state index contributed by atoms with van der Waals surface area (Å²) in [5.41, 5.74) is 1.11. The zero-order chi connectivity index (χ0) is 18.3. The number of hydrogen-bond donors (Lipinski definition) is 2. The molecule has 2 aromatic heterocycles. The second-order valence-electron chi connectivity index (χ2n) is 5.26. The minimum Gasteiger partial charge on any atom is -0.357 e. The van der Waals surface area contributed by atoms with Crippen LogP contribution in [0.15, 0.2) is 28.7 Å². The molecule has 2 N–H and O–H groups in total. The molecule has 0 unspecified atom stereocenters. The van der Waals surface area contributed by atoms with E-state index in [1.807, 2.05) is 26.0 Å². The van der Waals surface area contributed by atoms with Gasteiger partial charge in [-0.15, -0.1) is 35.3 Å². The van der Waals surface area contributed by atoms with Gasteiger partial charge in [0.1, 0.15) is 0 Å². The van der Waals surface area contributed by atoms with Crippen LogP contribution in [0, 0.1) is 6.92 Å². The summed E-state index contributed by atoms with van der Waals surface area (Å²) in [5.74, 6) is 0.597. The van der Waals surface area contributed by atoms with Crippen molar-refractivity contribution in [2.45, 2.75) is 33.0 Å². The van der Waals surface area contributed by atoms with Crippen LogP contribution in [0.4, 0.5) is 13.2 Å². The van der Waals surface area contributed by atoms with Crippen molar-refractivity contribution in [3.63, 3.8) is 0 Å². The molecule has 0 spiro atoms. The predicted octanol–water partition coefficient (Wildman–Crippen LogP) is 3.78. The molecule has 2 aromatic rings. The molecule has 2 heterocycles. The summed E-state index contributed by atoms with van der Waals surface area (Å²) < 4.78 is 37.6. The fraction of sp³-hybridized carbons (Fsp3) is 0.438. The van der Waals surface area contributed by atoms with Gasteiger partial charge in [0.2, 0.25) is 0 Å². The summed E-state index contributed by atoms with van der Waals surface area (Å²) >= 11 is 1.01. The van der Waals surface area contributed by atoms with E-state index in [4.69, 9.17) is 0 Å². The third-order valence-electron chi connectivity index (χ3n) is 3.32. The van der Waals surface area contributed by atoms with E-state index in [1.165, 1.54) is 0 Å². The van der Waals surface area contributed by atoms with Gasteiger partial charge in [-0.05, 0) is 25.5 Å². The Hall–Kier alpha value is -1.43. The first kappa shape index (κ1) is 22.6. The lowest BCUT2D eigenvalue weighted by Gasteiger charge is -2.11. The molecule has 10 heteroatoms. The van der Waals surface area contributed by atoms with Gasteiger partial charge < -0.3 is 10.6 Å². The molecule has 2 rings (SSSR count). The van der Waals surface area contributed by atoms with Crippen molar-refractivity contribution < 1.29 is 13.2 Å². The second-order valence-corrected chi connectivity index (χ2v) is 6.21. The van der Waals surface area contributed by atoms with E-state index in [-0.39, 0.29) is 24.0 Å². The Morgan fingerprint density at radius 3 is 2.69 bits per heavy atom. The van der Waals surface area contributed by atoms with E-state index >= 15 is 0 Å². The first-order chi connectivity index (χ1) is 11.9. The number of alkyl halides is 3. The van der Waals surface area contributed by atoms with Crippen LogP contribution in [0.5, 0.6) is 0 Å². The number of aliphatic imine (C=N–C) groups is 1. The number of pyridine rings is 1. The van der Waals surface area contributed by atoms with Crippen molar-refractivity contribution in [1.29, 1.82) is 0 Å². The lowest BCUT2D eigenvalue weighted by atomic mass is 10.2. The maximum absolute atomic E-state index is 12.5. The molecule has 0 saturated carbocycles. The number of thiazole rings is 1. The molecule has 0 fully saturated rings. The summed E-state index contributed by atoms with van der Waals surface area (Å²) in [6.07, 6.45) is -2.27. The largest absolute Gasteiger partial charge is 0.434 e. The molecule has 0 aliphatic rings. The van der Waals surface area contributed by atoms with Gasteiger partial charge >= 0.3 is 6.18 Å². The van der Waals surface area contributed by atoms with Gasteiger partial charge in [-0.2, -0.15) is 13.2 Å². The van der Waals surface area contributed by atoms with Gasteiger partial charge in [0, 0.05) is 31.1 Å². The fourth-order valence-corrected chi connectivity index (χ4v) is 2.83. The van der Waals surface area contributed by atoms with Gasteiger partial charge in [-0.25, -0.2) is 9.98 Å². The molecule has 0 saturated heterocycles. The van der Waals surface area contributed by atoms with E-state index in [2.05, 4.69) is 25.6 Å². The predicted molar refractivity (Wildman–Crippen MR) is 108 cm³/mol. The fourth-order valence-electron chi connectivity index (χ4n) is 2.02. The Balaban J connectivity index is 0.00000338. The highest BCUT2D eigenvalue weighted by Crippen LogP contribution is 2.29. The second kappa shape index (κ2) is 10.7. The standard InChI is InChI=1S/C16H20F3N5S.HI/c1-3-20-15(23-9-12-11(2)5-4-7-21-12)22-8-6-14-24-13(10-25-14)16(17,18)19;/h4-5,7,10H,3,6,8-9H2,1-2H3,(H2,20,22,23);1H. The number of rotatable bonds is 6. The van der Waals surface area contributed by atoms with Gasteiger partial charge in [0.25, 0.3) is 0 Å². The molecular weight excluding hydrogens is 478 g/mol. The highest BCUT2D eigenvalue weighted by atomic mass is 127. The van der Waals surface area contributed by atoms with E-state index in [9.17, 15) is 13.2 Å². The lowest BCUT2D eigenvalue weighted by Crippen LogP contribution is -2.38. The monoisotopic (exact) mass is 499 g/mol. The number of aromatic nitrogens is 2. The van der Waals surface area contributed by atoms with Crippen LogP contribution in [0.1, 0.15) is 28.9 Å². The van der Waals surface area contributed by atoms with Gasteiger partial charge in [0.15, 0.2) is 11.7 Å². The first-order valence-electron chi connectivity index (χ1n) is 7.84.